The summed E-state index contributed by atoms with van der Waals surface area (Å²) in [7, 11) is 3.69. The number of hydrogen-bond donors (Lipinski definition) is 1. The fourth-order valence-corrected chi connectivity index (χ4v) is 1.04. The Bertz CT molecular complexity index is 446. The van der Waals surface area contributed by atoms with E-state index in [1.54, 1.807) is 0 Å². The largest absolute Gasteiger partial charge is 0.476 e. The van der Waals surface area contributed by atoms with Crippen molar-refractivity contribution in [2.45, 2.75) is 25.6 Å². The average Bonchev–Trinajstić information content (AvgIpc) is 2.24. The van der Waals surface area contributed by atoms with Crippen LogP contribution in [0.4, 0.5) is 19.1 Å². The third-order valence-corrected chi connectivity index (χ3v) is 2.79. The summed E-state index contributed by atoms with van der Waals surface area (Å²) in [6, 6.07) is 0.738. The number of rotatable bonds is 4. The smallest absolute Gasteiger partial charge is 0.433 e. The van der Waals surface area contributed by atoms with Gasteiger partial charge in [0.05, 0.1) is 0 Å². The van der Waals surface area contributed by atoms with Gasteiger partial charge in [0.25, 0.3) is 0 Å². The first-order valence-corrected chi connectivity index (χ1v) is 5.54. The minimum atomic E-state index is -4.58. The van der Waals surface area contributed by atoms with Gasteiger partial charge in [-0.25, -0.2) is 4.98 Å². The van der Waals surface area contributed by atoms with E-state index in [0.717, 1.165) is 6.07 Å². The molecular weight excluding hydrogens is 261 g/mol. The highest BCUT2D eigenvalue weighted by atomic mass is 19.4. The van der Waals surface area contributed by atoms with Crippen LogP contribution in [0.3, 0.4) is 0 Å². The van der Waals surface area contributed by atoms with Gasteiger partial charge in [-0.05, 0) is 27.9 Å². The van der Waals surface area contributed by atoms with E-state index in [0.29, 0.717) is 0 Å². The predicted molar refractivity (Wildman–Crippen MR) is 64.7 cm³/mol. The van der Waals surface area contributed by atoms with Crippen LogP contribution in [0.15, 0.2) is 6.07 Å². The molecule has 8 heteroatoms. The van der Waals surface area contributed by atoms with E-state index in [-0.39, 0.29) is 18.0 Å². The van der Waals surface area contributed by atoms with Crippen molar-refractivity contribution in [1.29, 1.82) is 0 Å². The van der Waals surface area contributed by atoms with Gasteiger partial charge >= 0.3 is 6.18 Å². The zero-order valence-corrected chi connectivity index (χ0v) is 11.2. The van der Waals surface area contributed by atoms with Gasteiger partial charge < -0.3 is 15.4 Å². The summed E-state index contributed by atoms with van der Waals surface area (Å²) in [6.07, 6.45) is -4.58. The maximum Gasteiger partial charge on any atom is 0.433 e. The molecule has 1 rings (SSSR count). The molecule has 1 heterocycles. The molecule has 0 saturated heterocycles. The van der Waals surface area contributed by atoms with Crippen LogP contribution in [-0.2, 0) is 6.18 Å². The van der Waals surface area contributed by atoms with Crippen molar-refractivity contribution in [2.75, 3.05) is 26.4 Å². The molecule has 2 N–H and O–H groups in total. The number of hydrogen-bond acceptors (Lipinski definition) is 5. The Kier molecular flexibility index (Phi) is 4.24. The van der Waals surface area contributed by atoms with Crippen LogP contribution in [-0.4, -0.2) is 41.1 Å². The Morgan fingerprint density at radius 2 is 1.84 bits per heavy atom. The molecular formula is C11H17F3N4O. The highest BCUT2D eigenvalue weighted by molar-refractivity contribution is 5.27. The van der Waals surface area contributed by atoms with Gasteiger partial charge in [0.1, 0.15) is 6.61 Å². The zero-order chi connectivity index (χ0) is 14.8. The molecule has 0 atom stereocenters. The van der Waals surface area contributed by atoms with Crippen molar-refractivity contribution in [1.82, 2.24) is 14.9 Å². The SMILES string of the molecule is CN(C)C(C)(C)COc1cc(C(F)(F)F)nc(N)n1. The first-order chi connectivity index (χ1) is 8.52. The second-order valence-corrected chi connectivity index (χ2v) is 4.94. The lowest BCUT2D eigenvalue weighted by Crippen LogP contribution is -2.43. The van der Waals surface area contributed by atoms with Crippen molar-refractivity contribution in [3.8, 4) is 5.88 Å². The third-order valence-electron chi connectivity index (χ3n) is 2.79. The Balaban J connectivity index is 2.88. The van der Waals surface area contributed by atoms with Gasteiger partial charge in [-0.3, -0.25) is 0 Å². The second kappa shape index (κ2) is 5.20. The molecule has 0 fully saturated rings. The van der Waals surface area contributed by atoms with Crippen LogP contribution in [0.25, 0.3) is 0 Å². The molecule has 1 aromatic rings. The summed E-state index contributed by atoms with van der Waals surface area (Å²) in [5.74, 6) is -0.651. The molecule has 0 aromatic carbocycles. The lowest BCUT2D eigenvalue weighted by Gasteiger charge is -2.31. The van der Waals surface area contributed by atoms with Crippen molar-refractivity contribution < 1.29 is 17.9 Å². The van der Waals surface area contributed by atoms with Crippen molar-refractivity contribution in [2.24, 2.45) is 0 Å². The van der Waals surface area contributed by atoms with Crippen LogP contribution < -0.4 is 10.5 Å². The molecule has 0 saturated carbocycles. The monoisotopic (exact) mass is 278 g/mol. The fourth-order valence-electron chi connectivity index (χ4n) is 1.04. The number of aromatic nitrogens is 2. The van der Waals surface area contributed by atoms with E-state index >= 15 is 0 Å². The minimum absolute atomic E-state index is 0.174. The Morgan fingerprint density at radius 1 is 1.26 bits per heavy atom. The average molecular weight is 278 g/mol. The Morgan fingerprint density at radius 3 is 2.32 bits per heavy atom. The fraction of sp³-hybridized carbons (Fsp3) is 0.636. The molecule has 0 unspecified atom stereocenters. The normalized spacial score (nSPS) is 12.8. The van der Waals surface area contributed by atoms with Crippen LogP contribution in [0.5, 0.6) is 5.88 Å². The van der Waals surface area contributed by atoms with Gasteiger partial charge in [0, 0.05) is 11.6 Å². The number of nitrogens with two attached hydrogens (primary N) is 1. The predicted octanol–water partition coefficient (Wildman–Crippen LogP) is 1.80. The maximum atomic E-state index is 12.5. The number of alkyl halides is 3. The van der Waals surface area contributed by atoms with Gasteiger partial charge in [-0.2, -0.15) is 18.2 Å². The first-order valence-electron chi connectivity index (χ1n) is 5.54. The number of nitrogen functional groups attached to an aromatic ring is 1. The van der Waals surface area contributed by atoms with Crippen LogP contribution in [0.2, 0.25) is 0 Å². The maximum absolute atomic E-state index is 12.5. The summed E-state index contributed by atoms with van der Waals surface area (Å²) in [4.78, 5) is 8.66. The summed E-state index contributed by atoms with van der Waals surface area (Å²) in [5, 5.41) is 0. The molecule has 0 aliphatic heterocycles. The van der Waals surface area contributed by atoms with Gasteiger partial charge in [0.2, 0.25) is 11.8 Å². The van der Waals surface area contributed by atoms with Crippen LogP contribution in [0.1, 0.15) is 19.5 Å². The van der Waals surface area contributed by atoms with E-state index in [9.17, 15) is 13.2 Å². The number of ether oxygens (including phenoxy) is 1. The van der Waals surface area contributed by atoms with Crippen molar-refractivity contribution in [3.63, 3.8) is 0 Å². The van der Waals surface area contributed by atoms with Crippen LogP contribution >= 0.6 is 0 Å². The highest BCUT2D eigenvalue weighted by Crippen LogP contribution is 2.30. The van der Waals surface area contributed by atoms with E-state index in [2.05, 4.69) is 9.97 Å². The lowest BCUT2D eigenvalue weighted by molar-refractivity contribution is -0.141. The molecule has 0 radical (unpaired) electrons. The molecule has 0 spiro atoms. The highest BCUT2D eigenvalue weighted by Gasteiger charge is 2.34. The zero-order valence-electron chi connectivity index (χ0n) is 11.2. The molecule has 0 bridgehead atoms. The van der Waals surface area contributed by atoms with Crippen molar-refractivity contribution >= 4 is 5.95 Å². The molecule has 0 amide bonds. The number of anilines is 1. The Labute approximate surface area is 109 Å². The number of likely N-dealkylation sites (N-methyl/N-ethyl adjacent to an activating group) is 1. The number of halogens is 3. The van der Waals surface area contributed by atoms with Crippen molar-refractivity contribution in [3.05, 3.63) is 11.8 Å². The summed E-state index contributed by atoms with van der Waals surface area (Å²) >= 11 is 0. The molecule has 5 nitrogen and oxygen atoms in total. The third kappa shape index (κ3) is 4.23. The molecule has 0 aliphatic carbocycles. The number of nitrogens with zero attached hydrogens (tertiary/aromatic N) is 3. The molecule has 1 aromatic heterocycles. The van der Waals surface area contributed by atoms with Gasteiger partial charge in [-0.1, -0.05) is 0 Å². The quantitative estimate of drug-likeness (QED) is 0.909. The topological polar surface area (TPSA) is 64.3 Å². The molecule has 19 heavy (non-hydrogen) atoms. The summed E-state index contributed by atoms with van der Waals surface area (Å²) in [6.45, 7) is 3.96. The minimum Gasteiger partial charge on any atom is -0.476 e. The second-order valence-electron chi connectivity index (χ2n) is 4.94. The van der Waals surface area contributed by atoms with Gasteiger partial charge in [0.15, 0.2) is 5.69 Å². The van der Waals surface area contributed by atoms with E-state index in [1.807, 2.05) is 32.8 Å². The first kappa shape index (κ1) is 15.5. The van der Waals surface area contributed by atoms with Crippen LogP contribution in [0, 0.1) is 0 Å². The molecule has 108 valence electrons. The summed E-state index contributed by atoms with van der Waals surface area (Å²) < 4.78 is 42.9. The van der Waals surface area contributed by atoms with E-state index in [1.165, 1.54) is 0 Å². The summed E-state index contributed by atoms with van der Waals surface area (Å²) in [5.41, 5.74) is 3.78. The standard InChI is InChI=1S/C11H17F3N4O/c1-10(2,18(3)4)6-19-8-5-7(11(12,13)14)16-9(15)17-8/h5H,6H2,1-4H3,(H2,15,16,17). The van der Waals surface area contributed by atoms with E-state index in [4.69, 9.17) is 10.5 Å². The molecule has 0 aliphatic rings. The lowest BCUT2D eigenvalue weighted by atomic mass is 10.1. The van der Waals surface area contributed by atoms with Gasteiger partial charge in [-0.15, -0.1) is 0 Å². The Hall–Kier alpha value is -1.57. The van der Waals surface area contributed by atoms with E-state index < -0.39 is 17.8 Å².